The highest BCUT2D eigenvalue weighted by molar-refractivity contribution is 7.18. The third-order valence-corrected chi connectivity index (χ3v) is 6.22. The van der Waals surface area contributed by atoms with Crippen molar-refractivity contribution in [2.75, 3.05) is 18.0 Å². The van der Waals surface area contributed by atoms with Crippen LogP contribution in [0, 0.1) is 12.8 Å². The Hall–Kier alpha value is -2.41. The van der Waals surface area contributed by atoms with E-state index in [4.69, 9.17) is 4.42 Å². The van der Waals surface area contributed by atoms with Crippen LogP contribution in [0.2, 0.25) is 0 Å². The number of aryl methyl sites for hydroxylation is 2. The number of thiophene rings is 1. The average molecular weight is 385 g/mol. The highest BCUT2D eigenvalue weighted by Crippen LogP contribution is 2.32. The monoisotopic (exact) mass is 384 g/mol. The van der Waals surface area contributed by atoms with Crippen LogP contribution >= 0.6 is 11.3 Å². The van der Waals surface area contributed by atoms with Crippen molar-refractivity contribution < 1.29 is 9.21 Å². The summed E-state index contributed by atoms with van der Waals surface area (Å²) in [6, 6.07) is 6.01. The number of amides is 1. The zero-order valence-electron chi connectivity index (χ0n) is 15.7. The fourth-order valence-corrected chi connectivity index (χ4v) is 4.53. The Morgan fingerprint density at radius 3 is 3.07 bits per heavy atom. The van der Waals surface area contributed by atoms with Crippen LogP contribution in [-0.4, -0.2) is 29.0 Å². The molecule has 1 aliphatic heterocycles. The molecule has 0 bridgehead atoms. The summed E-state index contributed by atoms with van der Waals surface area (Å²) in [5, 5.41) is 4.12. The van der Waals surface area contributed by atoms with E-state index in [0.29, 0.717) is 13.1 Å². The molecule has 0 radical (unpaired) electrons. The van der Waals surface area contributed by atoms with Crippen molar-refractivity contribution in [1.29, 1.82) is 0 Å². The summed E-state index contributed by atoms with van der Waals surface area (Å²) in [4.78, 5) is 26.2. The normalized spacial score (nSPS) is 17.4. The molecule has 142 valence electrons. The van der Waals surface area contributed by atoms with E-state index < -0.39 is 0 Å². The first-order valence-electron chi connectivity index (χ1n) is 9.45. The Morgan fingerprint density at radius 1 is 1.41 bits per heavy atom. The van der Waals surface area contributed by atoms with Gasteiger partial charge in [-0.25, -0.2) is 9.97 Å². The zero-order valence-corrected chi connectivity index (χ0v) is 16.5. The largest absolute Gasteiger partial charge is 0.465 e. The van der Waals surface area contributed by atoms with Crippen molar-refractivity contribution in [3.63, 3.8) is 0 Å². The molecular formula is C20H24N4O2S. The maximum Gasteiger partial charge on any atom is 0.225 e. The van der Waals surface area contributed by atoms with E-state index in [0.717, 1.165) is 53.4 Å². The smallest absolute Gasteiger partial charge is 0.225 e. The van der Waals surface area contributed by atoms with Gasteiger partial charge in [0.15, 0.2) is 0 Å². The molecule has 0 aromatic carbocycles. The summed E-state index contributed by atoms with van der Waals surface area (Å²) in [6.45, 7) is 6.10. The van der Waals surface area contributed by atoms with Crippen LogP contribution in [0.5, 0.6) is 0 Å². The first-order valence-corrected chi connectivity index (χ1v) is 10.3. The number of carbonyl (C=O) groups is 1. The van der Waals surface area contributed by atoms with Gasteiger partial charge < -0.3 is 14.6 Å². The van der Waals surface area contributed by atoms with Gasteiger partial charge in [-0.1, -0.05) is 6.92 Å². The Kier molecular flexibility index (Phi) is 5.11. The Morgan fingerprint density at radius 2 is 2.30 bits per heavy atom. The first-order chi connectivity index (χ1) is 13.1. The molecule has 0 saturated carbocycles. The second kappa shape index (κ2) is 7.68. The van der Waals surface area contributed by atoms with Crippen molar-refractivity contribution in [3.8, 4) is 0 Å². The van der Waals surface area contributed by atoms with Crippen LogP contribution in [0.1, 0.15) is 36.2 Å². The Balaban J connectivity index is 1.46. The number of nitrogens with one attached hydrogen (secondary N) is 1. The number of nitrogens with zero attached hydrogens (tertiary/aromatic N) is 3. The fourth-order valence-electron chi connectivity index (χ4n) is 3.60. The molecule has 1 unspecified atom stereocenters. The summed E-state index contributed by atoms with van der Waals surface area (Å²) >= 11 is 1.72. The second-order valence-electron chi connectivity index (χ2n) is 7.00. The number of hydrogen-bond acceptors (Lipinski definition) is 6. The SMILES string of the molecule is CCc1cc2c(N3CCCC(C(=O)NCc4ccc(C)o4)C3)ncnc2s1. The number of carbonyl (C=O) groups excluding carboxylic acids is 1. The van der Waals surface area contributed by atoms with Crippen LogP contribution in [0.4, 0.5) is 5.82 Å². The number of aromatic nitrogens is 2. The van der Waals surface area contributed by atoms with E-state index in [-0.39, 0.29) is 11.8 Å². The van der Waals surface area contributed by atoms with E-state index in [9.17, 15) is 4.79 Å². The molecule has 3 aromatic rings. The molecule has 1 fully saturated rings. The van der Waals surface area contributed by atoms with E-state index in [1.165, 1.54) is 4.88 Å². The van der Waals surface area contributed by atoms with Crippen molar-refractivity contribution in [3.05, 3.63) is 40.9 Å². The number of rotatable bonds is 5. The third-order valence-electron chi connectivity index (χ3n) is 5.03. The molecule has 4 rings (SSSR count). The average Bonchev–Trinajstić information content (AvgIpc) is 3.31. The molecule has 27 heavy (non-hydrogen) atoms. The predicted octanol–water partition coefficient (Wildman–Crippen LogP) is 3.69. The van der Waals surface area contributed by atoms with Gasteiger partial charge in [0, 0.05) is 18.0 Å². The van der Waals surface area contributed by atoms with Gasteiger partial charge in [-0.2, -0.15) is 0 Å². The molecular weight excluding hydrogens is 360 g/mol. The van der Waals surface area contributed by atoms with E-state index in [1.807, 2.05) is 19.1 Å². The number of piperidine rings is 1. The summed E-state index contributed by atoms with van der Waals surface area (Å²) in [6.07, 6.45) is 4.51. The molecule has 0 spiro atoms. The number of hydrogen-bond donors (Lipinski definition) is 1. The van der Waals surface area contributed by atoms with Gasteiger partial charge in [0.2, 0.25) is 5.91 Å². The minimum Gasteiger partial charge on any atom is -0.465 e. The second-order valence-corrected chi connectivity index (χ2v) is 8.11. The van der Waals surface area contributed by atoms with Crippen molar-refractivity contribution in [1.82, 2.24) is 15.3 Å². The van der Waals surface area contributed by atoms with E-state index in [2.05, 4.69) is 33.2 Å². The number of anilines is 1. The molecule has 1 aliphatic rings. The number of furan rings is 1. The Labute approximate surface area is 162 Å². The molecule has 0 aliphatic carbocycles. The van der Waals surface area contributed by atoms with Crippen LogP contribution in [0.25, 0.3) is 10.2 Å². The van der Waals surface area contributed by atoms with Gasteiger partial charge in [-0.05, 0) is 44.4 Å². The zero-order chi connectivity index (χ0) is 18.8. The van der Waals surface area contributed by atoms with Gasteiger partial charge in [-0.15, -0.1) is 11.3 Å². The van der Waals surface area contributed by atoms with Crippen molar-refractivity contribution in [2.24, 2.45) is 5.92 Å². The van der Waals surface area contributed by atoms with Gasteiger partial charge in [0.05, 0.1) is 17.8 Å². The molecule has 1 atom stereocenters. The molecule has 4 heterocycles. The summed E-state index contributed by atoms with van der Waals surface area (Å²) < 4.78 is 5.53. The molecule has 7 heteroatoms. The van der Waals surface area contributed by atoms with Crippen LogP contribution in [0.15, 0.2) is 28.9 Å². The lowest BCUT2D eigenvalue weighted by atomic mass is 9.97. The lowest BCUT2D eigenvalue weighted by Crippen LogP contribution is -2.43. The van der Waals surface area contributed by atoms with Crippen molar-refractivity contribution >= 4 is 33.3 Å². The third kappa shape index (κ3) is 3.83. The lowest BCUT2D eigenvalue weighted by molar-refractivity contribution is -0.125. The Bertz CT molecular complexity index is 949. The summed E-state index contributed by atoms with van der Waals surface area (Å²) in [7, 11) is 0. The first kappa shape index (κ1) is 18.0. The predicted molar refractivity (Wildman–Crippen MR) is 107 cm³/mol. The molecule has 1 saturated heterocycles. The van der Waals surface area contributed by atoms with Gasteiger partial charge in [0.1, 0.15) is 28.5 Å². The number of fused-ring (bicyclic) bond motifs is 1. The van der Waals surface area contributed by atoms with E-state index in [1.54, 1.807) is 17.7 Å². The minimum absolute atomic E-state index is 0.0379. The van der Waals surface area contributed by atoms with Crippen LogP contribution < -0.4 is 10.2 Å². The topological polar surface area (TPSA) is 71.3 Å². The molecule has 1 N–H and O–H groups in total. The highest BCUT2D eigenvalue weighted by atomic mass is 32.1. The standard InChI is InChI=1S/C20H24N4O2S/c1-3-16-9-17-18(22-12-23-20(17)27-16)24-8-4-5-14(11-24)19(25)21-10-15-7-6-13(2)26-15/h6-7,9,12,14H,3-5,8,10-11H2,1-2H3,(H,21,25). The molecule has 6 nitrogen and oxygen atoms in total. The maximum absolute atomic E-state index is 12.7. The summed E-state index contributed by atoms with van der Waals surface area (Å²) in [5.41, 5.74) is 0. The highest BCUT2D eigenvalue weighted by Gasteiger charge is 2.27. The summed E-state index contributed by atoms with van der Waals surface area (Å²) in [5.74, 6) is 2.65. The van der Waals surface area contributed by atoms with Crippen LogP contribution in [-0.2, 0) is 17.8 Å². The quantitative estimate of drug-likeness (QED) is 0.726. The van der Waals surface area contributed by atoms with Gasteiger partial charge >= 0.3 is 0 Å². The fraction of sp³-hybridized carbons (Fsp3) is 0.450. The van der Waals surface area contributed by atoms with Crippen LogP contribution in [0.3, 0.4) is 0 Å². The van der Waals surface area contributed by atoms with Crippen molar-refractivity contribution in [2.45, 2.75) is 39.7 Å². The van der Waals surface area contributed by atoms with Gasteiger partial charge in [-0.3, -0.25) is 4.79 Å². The minimum atomic E-state index is -0.0379. The molecule has 3 aromatic heterocycles. The maximum atomic E-state index is 12.7. The molecule has 1 amide bonds. The lowest BCUT2D eigenvalue weighted by Gasteiger charge is -2.33. The van der Waals surface area contributed by atoms with Gasteiger partial charge in [0.25, 0.3) is 0 Å². The van der Waals surface area contributed by atoms with E-state index >= 15 is 0 Å².